The molecule has 0 aliphatic heterocycles. The number of rotatable bonds is 5. The first kappa shape index (κ1) is 14.1. The summed E-state index contributed by atoms with van der Waals surface area (Å²) in [5.74, 6) is 0.975. The van der Waals surface area contributed by atoms with E-state index in [9.17, 15) is 0 Å². The summed E-state index contributed by atoms with van der Waals surface area (Å²) in [5.41, 5.74) is 2.42. The first-order chi connectivity index (χ1) is 7.92. The molecule has 3 heteroatoms. The van der Waals surface area contributed by atoms with Gasteiger partial charge in [-0.05, 0) is 39.7 Å². The summed E-state index contributed by atoms with van der Waals surface area (Å²) >= 11 is 0. The van der Waals surface area contributed by atoms with Crippen LogP contribution in [0.1, 0.15) is 57.6 Å². The van der Waals surface area contributed by atoms with E-state index in [-0.39, 0.29) is 5.54 Å². The molecule has 17 heavy (non-hydrogen) atoms. The highest BCUT2D eigenvalue weighted by Gasteiger charge is 2.10. The molecular formula is C14H25N3. The van der Waals surface area contributed by atoms with Crippen LogP contribution in [-0.4, -0.2) is 15.5 Å². The van der Waals surface area contributed by atoms with Crippen LogP contribution in [-0.2, 0) is 13.0 Å². The first-order valence-electron chi connectivity index (χ1n) is 6.49. The van der Waals surface area contributed by atoms with Crippen molar-refractivity contribution in [3.63, 3.8) is 0 Å². The van der Waals surface area contributed by atoms with Crippen molar-refractivity contribution in [2.75, 3.05) is 0 Å². The fraction of sp³-hybridized carbons (Fsp3) is 0.714. The van der Waals surface area contributed by atoms with Crippen molar-refractivity contribution >= 4 is 0 Å². The SMILES string of the molecule is CCCCc1ncc(C)c(CNC(C)(C)C)n1. The van der Waals surface area contributed by atoms with E-state index in [2.05, 4.69) is 49.9 Å². The van der Waals surface area contributed by atoms with E-state index in [1.165, 1.54) is 12.0 Å². The second-order valence-corrected chi connectivity index (χ2v) is 5.62. The van der Waals surface area contributed by atoms with Gasteiger partial charge in [-0.15, -0.1) is 0 Å². The molecule has 0 fully saturated rings. The van der Waals surface area contributed by atoms with E-state index in [0.29, 0.717) is 0 Å². The molecule has 0 saturated carbocycles. The van der Waals surface area contributed by atoms with E-state index in [1.54, 1.807) is 0 Å². The Balaban J connectivity index is 2.69. The van der Waals surface area contributed by atoms with Crippen molar-refractivity contribution in [1.82, 2.24) is 15.3 Å². The quantitative estimate of drug-likeness (QED) is 0.852. The lowest BCUT2D eigenvalue weighted by Crippen LogP contribution is -2.35. The van der Waals surface area contributed by atoms with Crippen LogP contribution in [0.5, 0.6) is 0 Å². The van der Waals surface area contributed by atoms with E-state index in [0.717, 1.165) is 30.9 Å². The topological polar surface area (TPSA) is 37.8 Å². The van der Waals surface area contributed by atoms with Gasteiger partial charge in [-0.3, -0.25) is 0 Å². The standard InChI is InChI=1S/C14H25N3/c1-6-7-8-13-15-9-11(2)12(17-13)10-16-14(3,4)5/h9,16H,6-8,10H2,1-5H3. The summed E-state index contributed by atoms with van der Waals surface area (Å²) in [4.78, 5) is 9.02. The Hall–Kier alpha value is -0.960. The second kappa shape index (κ2) is 6.10. The Kier molecular flexibility index (Phi) is 5.06. The van der Waals surface area contributed by atoms with Crippen LogP contribution in [0, 0.1) is 6.92 Å². The Morgan fingerprint density at radius 2 is 2.00 bits per heavy atom. The molecule has 1 N–H and O–H groups in total. The molecule has 0 radical (unpaired) electrons. The van der Waals surface area contributed by atoms with Crippen molar-refractivity contribution in [1.29, 1.82) is 0 Å². The Labute approximate surface area is 105 Å². The molecule has 3 nitrogen and oxygen atoms in total. The van der Waals surface area contributed by atoms with Gasteiger partial charge in [0.05, 0.1) is 5.69 Å². The Morgan fingerprint density at radius 3 is 2.59 bits per heavy atom. The summed E-state index contributed by atoms with van der Waals surface area (Å²) in [6.07, 6.45) is 5.28. The maximum atomic E-state index is 4.64. The minimum Gasteiger partial charge on any atom is -0.306 e. The van der Waals surface area contributed by atoms with Crippen LogP contribution in [0.3, 0.4) is 0 Å². The number of nitrogens with one attached hydrogen (secondary N) is 1. The van der Waals surface area contributed by atoms with E-state index < -0.39 is 0 Å². The fourth-order valence-corrected chi connectivity index (χ4v) is 1.50. The van der Waals surface area contributed by atoms with Gasteiger partial charge in [-0.2, -0.15) is 0 Å². The van der Waals surface area contributed by atoms with Crippen LogP contribution in [0.25, 0.3) is 0 Å². The number of unbranched alkanes of at least 4 members (excludes halogenated alkanes) is 1. The molecular weight excluding hydrogens is 210 g/mol. The van der Waals surface area contributed by atoms with Crippen molar-refractivity contribution in [3.8, 4) is 0 Å². The van der Waals surface area contributed by atoms with E-state index in [4.69, 9.17) is 0 Å². The predicted octanol–water partition coefficient (Wildman–Crippen LogP) is 3.02. The molecule has 1 heterocycles. The molecule has 0 bridgehead atoms. The fourth-order valence-electron chi connectivity index (χ4n) is 1.50. The number of hydrogen-bond donors (Lipinski definition) is 1. The third-order valence-corrected chi connectivity index (χ3v) is 2.67. The molecule has 96 valence electrons. The molecule has 1 aromatic heterocycles. The smallest absolute Gasteiger partial charge is 0.128 e. The van der Waals surface area contributed by atoms with Gasteiger partial charge in [0.15, 0.2) is 0 Å². The Morgan fingerprint density at radius 1 is 1.29 bits per heavy atom. The molecule has 1 aromatic rings. The molecule has 0 saturated heterocycles. The van der Waals surface area contributed by atoms with Gasteiger partial charge in [-0.25, -0.2) is 9.97 Å². The van der Waals surface area contributed by atoms with Crippen molar-refractivity contribution in [3.05, 3.63) is 23.3 Å². The lowest BCUT2D eigenvalue weighted by atomic mass is 10.1. The van der Waals surface area contributed by atoms with Crippen molar-refractivity contribution in [2.24, 2.45) is 0 Å². The molecule has 0 spiro atoms. The van der Waals surface area contributed by atoms with Crippen LogP contribution in [0.4, 0.5) is 0 Å². The summed E-state index contributed by atoms with van der Waals surface area (Å²) < 4.78 is 0. The van der Waals surface area contributed by atoms with Gasteiger partial charge < -0.3 is 5.32 Å². The molecule has 0 amide bonds. The number of nitrogens with zero attached hydrogens (tertiary/aromatic N) is 2. The summed E-state index contributed by atoms with van der Waals surface area (Å²) in [6.45, 7) is 11.6. The summed E-state index contributed by atoms with van der Waals surface area (Å²) in [5, 5.41) is 3.47. The van der Waals surface area contributed by atoms with Gasteiger partial charge >= 0.3 is 0 Å². The van der Waals surface area contributed by atoms with Crippen LogP contribution < -0.4 is 5.32 Å². The minimum atomic E-state index is 0.126. The zero-order valence-electron chi connectivity index (χ0n) is 11.8. The van der Waals surface area contributed by atoms with Gasteiger partial charge in [0.1, 0.15) is 5.82 Å². The highest BCUT2D eigenvalue weighted by Crippen LogP contribution is 2.08. The second-order valence-electron chi connectivity index (χ2n) is 5.62. The zero-order valence-corrected chi connectivity index (χ0v) is 11.8. The third kappa shape index (κ3) is 5.26. The Bertz CT molecular complexity index is 353. The first-order valence-corrected chi connectivity index (χ1v) is 6.49. The lowest BCUT2D eigenvalue weighted by Gasteiger charge is -2.20. The average molecular weight is 235 g/mol. The number of hydrogen-bond acceptors (Lipinski definition) is 3. The third-order valence-electron chi connectivity index (χ3n) is 2.67. The van der Waals surface area contributed by atoms with E-state index in [1.807, 2.05) is 6.20 Å². The maximum absolute atomic E-state index is 4.64. The minimum absolute atomic E-state index is 0.126. The number of aromatic nitrogens is 2. The number of aryl methyl sites for hydroxylation is 2. The van der Waals surface area contributed by atoms with Gasteiger partial charge in [0, 0.05) is 24.7 Å². The van der Waals surface area contributed by atoms with Gasteiger partial charge in [-0.1, -0.05) is 13.3 Å². The van der Waals surface area contributed by atoms with Crippen LogP contribution in [0.15, 0.2) is 6.20 Å². The zero-order chi connectivity index (χ0) is 12.9. The monoisotopic (exact) mass is 235 g/mol. The lowest BCUT2D eigenvalue weighted by molar-refractivity contribution is 0.420. The van der Waals surface area contributed by atoms with Crippen molar-refractivity contribution < 1.29 is 0 Å². The van der Waals surface area contributed by atoms with Crippen LogP contribution in [0.2, 0.25) is 0 Å². The summed E-state index contributed by atoms with van der Waals surface area (Å²) in [7, 11) is 0. The van der Waals surface area contributed by atoms with E-state index >= 15 is 0 Å². The van der Waals surface area contributed by atoms with Crippen LogP contribution >= 0.6 is 0 Å². The predicted molar refractivity (Wildman–Crippen MR) is 72.0 cm³/mol. The summed E-state index contributed by atoms with van der Waals surface area (Å²) in [6, 6.07) is 0. The molecule has 1 rings (SSSR count). The maximum Gasteiger partial charge on any atom is 0.128 e. The van der Waals surface area contributed by atoms with Gasteiger partial charge in [0.25, 0.3) is 0 Å². The molecule has 0 aliphatic rings. The highest BCUT2D eigenvalue weighted by molar-refractivity contribution is 5.15. The molecule has 0 aromatic carbocycles. The van der Waals surface area contributed by atoms with Gasteiger partial charge in [0.2, 0.25) is 0 Å². The largest absolute Gasteiger partial charge is 0.306 e. The molecule has 0 aliphatic carbocycles. The molecule has 0 unspecified atom stereocenters. The highest BCUT2D eigenvalue weighted by atomic mass is 15.0. The van der Waals surface area contributed by atoms with Crippen molar-refractivity contribution in [2.45, 2.75) is 66.0 Å². The normalized spacial score (nSPS) is 11.8. The molecule has 0 atom stereocenters. The average Bonchev–Trinajstić information content (AvgIpc) is 2.25.